The first-order valence-corrected chi connectivity index (χ1v) is 5.92. The van der Waals surface area contributed by atoms with Crippen molar-refractivity contribution in [3.63, 3.8) is 0 Å². The van der Waals surface area contributed by atoms with Gasteiger partial charge in [0, 0.05) is 6.42 Å². The Morgan fingerprint density at radius 1 is 1.36 bits per heavy atom. The third-order valence-electron chi connectivity index (χ3n) is 1.85. The molecule has 1 heterocycles. The molecule has 0 bridgehead atoms. The number of aryl methyl sites for hydroxylation is 1. The van der Waals surface area contributed by atoms with Gasteiger partial charge in [0.2, 0.25) is 0 Å². The summed E-state index contributed by atoms with van der Waals surface area (Å²) in [6, 6.07) is 0. The molecule has 1 aromatic heterocycles. The molecule has 2 nitrogen and oxygen atoms in total. The maximum atomic E-state index is 5.98. The SMILES string of the molecule is CCc1nc(CC(C)C)nc(Cl)c1Br. The van der Waals surface area contributed by atoms with Crippen LogP contribution in [0, 0.1) is 5.92 Å². The lowest BCUT2D eigenvalue weighted by Crippen LogP contribution is -2.04. The molecule has 14 heavy (non-hydrogen) atoms. The van der Waals surface area contributed by atoms with Crippen molar-refractivity contribution in [3.05, 3.63) is 21.1 Å². The topological polar surface area (TPSA) is 25.8 Å². The van der Waals surface area contributed by atoms with E-state index in [-0.39, 0.29) is 0 Å². The molecule has 0 atom stereocenters. The minimum atomic E-state index is 0.521. The minimum absolute atomic E-state index is 0.521. The van der Waals surface area contributed by atoms with Gasteiger partial charge in [-0.15, -0.1) is 0 Å². The summed E-state index contributed by atoms with van der Waals surface area (Å²) in [6.07, 6.45) is 1.74. The predicted octanol–water partition coefficient (Wildman–Crippen LogP) is 3.65. The summed E-state index contributed by atoms with van der Waals surface area (Å²) in [7, 11) is 0. The first-order chi connectivity index (χ1) is 6.54. The van der Waals surface area contributed by atoms with Crippen molar-refractivity contribution in [2.75, 3.05) is 0 Å². The van der Waals surface area contributed by atoms with Crippen LogP contribution in [0.3, 0.4) is 0 Å². The Hall–Kier alpha value is -0.150. The Bertz CT molecular complexity index is 326. The summed E-state index contributed by atoms with van der Waals surface area (Å²) in [4.78, 5) is 8.68. The highest BCUT2D eigenvalue weighted by atomic mass is 79.9. The average Bonchev–Trinajstić information content (AvgIpc) is 2.10. The molecule has 0 amide bonds. The van der Waals surface area contributed by atoms with E-state index in [1.165, 1.54) is 0 Å². The van der Waals surface area contributed by atoms with Crippen LogP contribution in [-0.4, -0.2) is 9.97 Å². The zero-order valence-corrected chi connectivity index (χ0v) is 11.0. The Kier molecular flexibility index (Phi) is 4.32. The maximum Gasteiger partial charge on any atom is 0.147 e. The van der Waals surface area contributed by atoms with Gasteiger partial charge in [0.05, 0.1) is 10.2 Å². The van der Waals surface area contributed by atoms with Gasteiger partial charge in [0.25, 0.3) is 0 Å². The van der Waals surface area contributed by atoms with Crippen molar-refractivity contribution in [1.29, 1.82) is 0 Å². The van der Waals surface area contributed by atoms with Gasteiger partial charge in [0.15, 0.2) is 0 Å². The highest BCUT2D eigenvalue weighted by molar-refractivity contribution is 9.10. The summed E-state index contributed by atoms with van der Waals surface area (Å²) >= 11 is 9.37. The highest BCUT2D eigenvalue weighted by Gasteiger charge is 2.09. The van der Waals surface area contributed by atoms with Crippen LogP contribution in [0.15, 0.2) is 4.47 Å². The summed E-state index contributed by atoms with van der Waals surface area (Å²) in [5.74, 6) is 1.39. The fourth-order valence-corrected chi connectivity index (χ4v) is 1.87. The van der Waals surface area contributed by atoms with E-state index in [9.17, 15) is 0 Å². The molecule has 0 aliphatic carbocycles. The molecule has 0 N–H and O–H groups in total. The quantitative estimate of drug-likeness (QED) is 0.788. The second kappa shape index (κ2) is 5.08. The Labute approximate surface area is 98.2 Å². The molecule has 78 valence electrons. The average molecular weight is 278 g/mol. The Balaban J connectivity index is 3.03. The summed E-state index contributed by atoms with van der Waals surface area (Å²) in [5.41, 5.74) is 0.987. The molecule has 0 unspecified atom stereocenters. The second-order valence-electron chi connectivity index (χ2n) is 3.64. The zero-order chi connectivity index (χ0) is 10.7. The van der Waals surface area contributed by atoms with Gasteiger partial charge in [-0.25, -0.2) is 9.97 Å². The van der Waals surface area contributed by atoms with Gasteiger partial charge in [-0.3, -0.25) is 0 Å². The Morgan fingerprint density at radius 2 is 2.00 bits per heavy atom. The molecular formula is C10H14BrClN2. The van der Waals surface area contributed by atoms with Gasteiger partial charge in [0.1, 0.15) is 11.0 Å². The Morgan fingerprint density at radius 3 is 2.50 bits per heavy atom. The van der Waals surface area contributed by atoms with E-state index in [1.807, 2.05) is 0 Å². The van der Waals surface area contributed by atoms with Gasteiger partial charge >= 0.3 is 0 Å². The number of rotatable bonds is 3. The highest BCUT2D eigenvalue weighted by Crippen LogP contribution is 2.24. The van der Waals surface area contributed by atoms with Gasteiger partial charge < -0.3 is 0 Å². The molecule has 0 saturated carbocycles. The molecule has 0 radical (unpaired) electrons. The van der Waals surface area contributed by atoms with Crippen LogP contribution in [0.25, 0.3) is 0 Å². The molecule has 0 saturated heterocycles. The van der Waals surface area contributed by atoms with E-state index >= 15 is 0 Å². The lowest BCUT2D eigenvalue weighted by molar-refractivity contribution is 0.617. The number of aromatic nitrogens is 2. The predicted molar refractivity (Wildman–Crippen MR) is 62.7 cm³/mol. The van der Waals surface area contributed by atoms with E-state index in [0.717, 1.165) is 28.8 Å². The van der Waals surface area contributed by atoms with Crippen LogP contribution < -0.4 is 0 Å². The van der Waals surface area contributed by atoms with E-state index in [4.69, 9.17) is 11.6 Å². The molecule has 0 aliphatic rings. The smallest absolute Gasteiger partial charge is 0.147 e. The van der Waals surface area contributed by atoms with Crippen LogP contribution in [-0.2, 0) is 12.8 Å². The minimum Gasteiger partial charge on any atom is -0.237 e. The number of hydrogen-bond acceptors (Lipinski definition) is 2. The molecule has 0 spiro atoms. The summed E-state index contributed by atoms with van der Waals surface area (Å²) in [6.45, 7) is 6.35. The van der Waals surface area contributed by atoms with Crippen molar-refractivity contribution < 1.29 is 0 Å². The third-order valence-corrected chi connectivity index (χ3v) is 3.19. The van der Waals surface area contributed by atoms with Gasteiger partial charge in [-0.1, -0.05) is 32.4 Å². The zero-order valence-electron chi connectivity index (χ0n) is 8.64. The molecular weight excluding hydrogens is 263 g/mol. The fraction of sp³-hybridized carbons (Fsp3) is 0.600. The van der Waals surface area contributed by atoms with Crippen molar-refractivity contribution in [2.24, 2.45) is 5.92 Å². The second-order valence-corrected chi connectivity index (χ2v) is 4.79. The lowest BCUT2D eigenvalue weighted by Gasteiger charge is -2.07. The maximum absolute atomic E-state index is 5.98. The van der Waals surface area contributed by atoms with E-state index in [0.29, 0.717) is 11.1 Å². The third kappa shape index (κ3) is 2.92. The van der Waals surface area contributed by atoms with Gasteiger partial charge in [-0.05, 0) is 28.3 Å². The first-order valence-electron chi connectivity index (χ1n) is 4.75. The fourth-order valence-electron chi connectivity index (χ4n) is 1.20. The van der Waals surface area contributed by atoms with E-state index in [2.05, 4.69) is 46.7 Å². The summed E-state index contributed by atoms with van der Waals surface area (Å²) in [5, 5.41) is 0.521. The normalized spacial score (nSPS) is 11.0. The van der Waals surface area contributed by atoms with Crippen LogP contribution in [0.5, 0.6) is 0 Å². The molecule has 0 fully saturated rings. The van der Waals surface area contributed by atoms with Crippen molar-refractivity contribution >= 4 is 27.5 Å². The van der Waals surface area contributed by atoms with Crippen LogP contribution >= 0.6 is 27.5 Å². The number of halogens is 2. The largest absolute Gasteiger partial charge is 0.237 e. The molecule has 1 rings (SSSR count). The van der Waals surface area contributed by atoms with Crippen molar-refractivity contribution in [2.45, 2.75) is 33.6 Å². The van der Waals surface area contributed by atoms with Crippen molar-refractivity contribution in [1.82, 2.24) is 9.97 Å². The number of hydrogen-bond donors (Lipinski definition) is 0. The monoisotopic (exact) mass is 276 g/mol. The standard InChI is InChI=1S/C10H14BrClN2/c1-4-7-9(11)10(12)14-8(13-7)5-6(2)3/h6H,4-5H2,1-3H3. The van der Waals surface area contributed by atoms with Crippen LogP contribution in [0.1, 0.15) is 32.3 Å². The molecule has 1 aromatic rings. The lowest BCUT2D eigenvalue weighted by atomic mass is 10.1. The van der Waals surface area contributed by atoms with E-state index in [1.54, 1.807) is 0 Å². The summed E-state index contributed by atoms with van der Waals surface area (Å²) < 4.78 is 0.828. The number of nitrogens with zero attached hydrogens (tertiary/aromatic N) is 2. The molecule has 4 heteroatoms. The van der Waals surface area contributed by atoms with Gasteiger partial charge in [-0.2, -0.15) is 0 Å². The first kappa shape index (κ1) is 11.9. The molecule has 0 aliphatic heterocycles. The van der Waals surface area contributed by atoms with E-state index < -0.39 is 0 Å². The van der Waals surface area contributed by atoms with Crippen LogP contribution in [0.2, 0.25) is 5.15 Å². The van der Waals surface area contributed by atoms with Crippen LogP contribution in [0.4, 0.5) is 0 Å². The van der Waals surface area contributed by atoms with Crippen molar-refractivity contribution in [3.8, 4) is 0 Å². The molecule has 0 aromatic carbocycles.